The summed E-state index contributed by atoms with van der Waals surface area (Å²) >= 11 is 1.87. The number of thiophene rings is 1. The number of aromatic nitrogens is 2. The summed E-state index contributed by atoms with van der Waals surface area (Å²) in [4.78, 5) is 8.57. The van der Waals surface area contributed by atoms with Crippen molar-refractivity contribution in [2.24, 2.45) is 0 Å². The number of hydrogen-bond donors (Lipinski definition) is 1. The van der Waals surface area contributed by atoms with Gasteiger partial charge in [-0.1, -0.05) is 109 Å². The van der Waals surface area contributed by atoms with Crippen molar-refractivity contribution in [3.63, 3.8) is 0 Å². The molecule has 10 aromatic carbocycles. The second-order valence-electron chi connectivity index (χ2n) is 18.7. The number of rotatable bonds is 5. The molecule has 15 rings (SSSR count). The lowest BCUT2D eigenvalue weighted by Crippen LogP contribution is -1.92. The normalized spacial score (nSPS) is 12.6. The first kappa shape index (κ1) is 39.2. The Labute approximate surface area is 405 Å². The molecule has 5 heteroatoms. The van der Waals surface area contributed by atoms with E-state index in [0.29, 0.717) is 0 Å². The van der Waals surface area contributed by atoms with Crippen LogP contribution < -0.4 is 0 Å². The van der Waals surface area contributed by atoms with E-state index >= 15 is 0 Å². The summed E-state index contributed by atoms with van der Waals surface area (Å²) in [6.07, 6.45) is 11.1. The van der Waals surface area contributed by atoms with Crippen molar-refractivity contribution in [3.05, 3.63) is 205 Å². The van der Waals surface area contributed by atoms with Crippen LogP contribution in [-0.2, 0) is 0 Å². The number of allylic oxidation sites excluding steroid dienone is 1. The first-order chi connectivity index (χ1) is 34.5. The summed E-state index contributed by atoms with van der Waals surface area (Å²) in [5, 5.41) is 16.5. The van der Waals surface area contributed by atoms with Crippen LogP contribution in [0, 0.1) is 6.92 Å². The predicted octanol–water partition coefficient (Wildman–Crippen LogP) is 19.2. The first-order valence-electron chi connectivity index (χ1n) is 23.8. The lowest BCUT2D eigenvalue weighted by atomic mass is 9.88. The summed E-state index contributed by atoms with van der Waals surface area (Å²) in [6.45, 7) is 4.18. The van der Waals surface area contributed by atoms with Gasteiger partial charge < -0.3 is 13.8 Å². The Bertz CT molecular complexity index is 4800. The van der Waals surface area contributed by atoms with Gasteiger partial charge in [0.2, 0.25) is 0 Å². The number of pyridine rings is 1. The molecule has 15 aromatic rings. The quantitative estimate of drug-likeness (QED) is 0.138. The molecule has 0 bridgehead atoms. The van der Waals surface area contributed by atoms with Crippen molar-refractivity contribution in [3.8, 4) is 22.3 Å². The fourth-order valence-corrected chi connectivity index (χ4v) is 12.6. The van der Waals surface area contributed by atoms with Gasteiger partial charge in [0, 0.05) is 86.4 Å². The Morgan fingerprint density at radius 3 is 2.03 bits per heavy atom. The molecule has 4 nitrogen and oxygen atoms in total. The maximum absolute atomic E-state index is 6.38. The third-order valence-corrected chi connectivity index (χ3v) is 15.8. The van der Waals surface area contributed by atoms with Gasteiger partial charge in [-0.2, -0.15) is 0 Å². The van der Waals surface area contributed by atoms with E-state index in [2.05, 4.69) is 201 Å². The van der Waals surface area contributed by atoms with Crippen LogP contribution in [0.25, 0.3) is 159 Å². The van der Waals surface area contributed by atoms with Crippen LogP contribution >= 0.6 is 11.3 Å². The van der Waals surface area contributed by atoms with E-state index in [1.165, 1.54) is 85.7 Å². The molecule has 1 N–H and O–H groups in total. The monoisotopic (exact) mass is 912 g/mol. The molecule has 0 saturated heterocycles. The average molecular weight is 913 g/mol. The molecule has 0 atom stereocenters. The van der Waals surface area contributed by atoms with Crippen molar-refractivity contribution in [2.45, 2.75) is 13.8 Å². The van der Waals surface area contributed by atoms with Gasteiger partial charge in [0.05, 0.1) is 0 Å². The number of aromatic amines is 1. The highest BCUT2D eigenvalue weighted by Crippen LogP contribution is 2.46. The molecular formula is C65H40N2O2S. The van der Waals surface area contributed by atoms with E-state index in [0.717, 1.165) is 77.1 Å². The molecule has 5 aromatic heterocycles. The Balaban J connectivity index is 0.907. The second-order valence-corrected chi connectivity index (χ2v) is 19.7. The predicted molar refractivity (Wildman–Crippen MR) is 299 cm³/mol. The zero-order chi connectivity index (χ0) is 46.2. The third kappa shape index (κ3) is 5.85. The van der Waals surface area contributed by atoms with E-state index in [1.54, 1.807) is 0 Å². The highest BCUT2D eigenvalue weighted by molar-refractivity contribution is 7.26. The molecule has 0 aliphatic heterocycles. The highest BCUT2D eigenvalue weighted by Gasteiger charge is 2.19. The molecule has 0 unspecified atom stereocenters. The Morgan fingerprint density at radius 1 is 0.443 bits per heavy atom. The van der Waals surface area contributed by atoms with Crippen LogP contribution in [0.15, 0.2) is 191 Å². The van der Waals surface area contributed by atoms with Gasteiger partial charge >= 0.3 is 0 Å². The number of fused-ring (bicyclic) bond motifs is 16. The molecule has 0 spiro atoms. The summed E-state index contributed by atoms with van der Waals surface area (Å²) in [6, 6.07) is 61.8. The summed E-state index contributed by atoms with van der Waals surface area (Å²) in [7, 11) is 0. The summed E-state index contributed by atoms with van der Waals surface area (Å²) in [5.74, 6) is 0. The highest BCUT2D eigenvalue weighted by atomic mass is 32.1. The van der Waals surface area contributed by atoms with Gasteiger partial charge in [-0.05, 0) is 159 Å². The summed E-state index contributed by atoms with van der Waals surface area (Å²) < 4.78 is 15.2. The zero-order valence-electron chi connectivity index (χ0n) is 38.2. The molecule has 0 radical (unpaired) electrons. The van der Waals surface area contributed by atoms with Crippen LogP contribution in [0.4, 0.5) is 0 Å². The topological polar surface area (TPSA) is 55.0 Å². The molecule has 70 heavy (non-hydrogen) atoms. The zero-order valence-corrected chi connectivity index (χ0v) is 39.0. The second kappa shape index (κ2) is 14.9. The van der Waals surface area contributed by atoms with E-state index in [4.69, 9.17) is 13.8 Å². The molecule has 0 aliphatic carbocycles. The van der Waals surface area contributed by atoms with Crippen LogP contribution in [0.1, 0.15) is 29.3 Å². The van der Waals surface area contributed by atoms with E-state index in [-0.39, 0.29) is 0 Å². The minimum atomic E-state index is 0.894. The molecule has 0 fully saturated rings. The fourth-order valence-electron chi connectivity index (χ4n) is 11.4. The lowest BCUT2D eigenvalue weighted by molar-refractivity contribution is 0.669. The summed E-state index contributed by atoms with van der Waals surface area (Å²) in [5.41, 5.74) is 15.1. The molecule has 328 valence electrons. The van der Waals surface area contributed by atoms with E-state index in [1.807, 2.05) is 29.5 Å². The van der Waals surface area contributed by atoms with Crippen molar-refractivity contribution in [1.29, 1.82) is 0 Å². The number of hydrogen-bond acceptors (Lipinski definition) is 4. The van der Waals surface area contributed by atoms with Gasteiger partial charge in [0.15, 0.2) is 0 Å². The van der Waals surface area contributed by atoms with Crippen LogP contribution in [0.5, 0.6) is 0 Å². The number of H-pyrrole nitrogens is 1. The maximum Gasteiger partial charge on any atom is 0.136 e. The minimum absolute atomic E-state index is 0.894. The fraction of sp³-hybridized carbons (Fsp3) is 0.0308. The first-order valence-corrected chi connectivity index (χ1v) is 24.7. The number of benzene rings is 10. The lowest BCUT2D eigenvalue weighted by Gasteiger charge is -2.15. The number of para-hydroxylation sites is 3. The average Bonchev–Trinajstić information content (AvgIpc) is 4.16. The maximum atomic E-state index is 6.38. The van der Waals surface area contributed by atoms with E-state index < -0.39 is 0 Å². The van der Waals surface area contributed by atoms with Gasteiger partial charge in [-0.25, -0.2) is 0 Å². The molecule has 0 amide bonds. The van der Waals surface area contributed by atoms with Crippen LogP contribution in [0.3, 0.4) is 0 Å². The van der Waals surface area contributed by atoms with Crippen LogP contribution in [-0.4, -0.2) is 9.97 Å². The number of furan rings is 2. The largest absolute Gasteiger partial charge is 0.456 e. The van der Waals surface area contributed by atoms with Crippen LogP contribution in [0.2, 0.25) is 0 Å². The number of nitrogens with one attached hydrogen (secondary N) is 1. The van der Waals surface area contributed by atoms with Gasteiger partial charge in [0.1, 0.15) is 22.3 Å². The molecular weight excluding hydrogens is 873 g/mol. The SMILES string of the molecule is C/C=C/c1c(-c2ccc3oc4ccccc4c3c2)cc2cc3c(cc2c1/C=C/c1ccc2sc4c(-c5cc6cc7c(cc6c6cc(C)ncc56)oc5ccccc57)cccc4c2c1)[nH]c1ccccc13. The molecule has 5 heterocycles. The standard InChI is InChI=1S/C65H40N2O2S/c1-3-11-41-42(49-33-59-53(43-12-4-7-17-58(43)67-59)31-39(49)29-48(41)38-22-24-62-54(28-38)44-13-5-8-18-60(44)68-62)23-20-37-21-25-64-56(27-37)47-16-10-15-46(65(47)70-64)52-30-40-32-55-45-14-6-9-19-61(45)69-63(55)34-50(40)51-26-36(2)66-35-57(51)52/h3-35,67H,1-2H3/b11-3+,23-20+. The minimum Gasteiger partial charge on any atom is -0.456 e. The molecule has 0 aliphatic rings. The Morgan fingerprint density at radius 2 is 1.17 bits per heavy atom. The Hall–Kier alpha value is -8.77. The van der Waals surface area contributed by atoms with E-state index in [9.17, 15) is 0 Å². The van der Waals surface area contributed by atoms with Crippen molar-refractivity contribution in [2.75, 3.05) is 0 Å². The van der Waals surface area contributed by atoms with Crippen molar-refractivity contribution < 1.29 is 8.83 Å². The Kier molecular flexibility index (Phi) is 8.33. The van der Waals surface area contributed by atoms with Gasteiger partial charge in [-0.15, -0.1) is 11.3 Å². The number of nitrogens with zero attached hydrogens (tertiary/aromatic N) is 1. The third-order valence-electron chi connectivity index (χ3n) is 14.6. The molecule has 0 saturated carbocycles. The van der Waals surface area contributed by atoms with Gasteiger partial charge in [-0.3, -0.25) is 4.98 Å². The van der Waals surface area contributed by atoms with Crippen molar-refractivity contribution in [1.82, 2.24) is 9.97 Å². The van der Waals surface area contributed by atoms with Crippen molar-refractivity contribution >= 4 is 148 Å². The number of aryl methyl sites for hydroxylation is 1. The smallest absolute Gasteiger partial charge is 0.136 e. The van der Waals surface area contributed by atoms with Gasteiger partial charge in [0.25, 0.3) is 0 Å².